The smallest absolute Gasteiger partial charge is 0.272 e. The third-order valence-electron chi connectivity index (χ3n) is 3.17. The van der Waals surface area contributed by atoms with Gasteiger partial charge in [0.15, 0.2) is 0 Å². The highest BCUT2D eigenvalue weighted by atomic mass is 19.1. The number of hydrogen-bond donors (Lipinski definition) is 1. The number of nitrogens with zero attached hydrogens (tertiary/aromatic N) is 1. The minimum absolute atomic E-state index is 0.210. The minimum atomic E-state index is -0.582. The van der Waals surface area contributed by atoms with Gasteiger partial charge in [0.2, 0.25) is 0 Å². The molecule has 1 saturated heterocycles. The Kier molecular flexibility index (Phi) is 4.81. The summed E-state index contributed by atoms with van der Waals surface area (Å²) in [6.07, 6.45) is 2.19. The number of nitro benzene ring substituents is 1. The van der Waals surface area contributed by atoms with Gasteiger partial charge in [-0.1, -0.05) is 0 Å². The van der Waals surface area contributed by atoms with Crippen molar-refractivity contribution in [2.45, 2.75) is 19.4 Å². The molecule has 6 heteroatoms. The molecule has 1 aliphatic rings. The average molecular weight is 268 g/mol. The van der Waals surface area contributed by atoms with Gasteiger partial charge in [0.05, 0.1) is 17.6 Å². The van der Waals surface area contributed by atoms with Gasteiger partial charge in [0, 0.05) is 25.8 Å². The number of hydrogen-bond acceptors (Lipinski definition) is 4. The first-order valence-electron chi connectivity index (χ1n) is 6.37. The molecule has 0 bridgehead atoms. The van der Waals surface area contributed by atoms with Gasteiger partial charge in [-0.15, -0.1) is 0 Å². The van der Waals surface area contributed by atoms with E-state index in [9.17, 15) is 14.5 Å². The Balaban J connectivity index is 1.86. The average Bonchev–Trinajstić information content (AvgIpc) is 2.39. The maximum absolute atomic E-state index is 13.2. The number of rotatable bonds is 5. The van der Waals surface area contributed by atoms with Crippen molar-refractivity contribution in [1.29, 1.82) is 0 Å². The van der Waals surface area contributed by atoms with Crippen LogP contribution in [0.4, 0.5) is 10.1 Å². The standard InChI is InChI=1S/C13H17FN2O3/c14-12-4-11(5-13(6-12)16(17)18)8-15-7-10-2-1-3-19-9-10/h4-6,10,15H,1-3,7-9H2. The molecule has 1 aliphatic heterocycles. The molecule has 1 unspecified atom stereocenters. The van der Waals surface area contributed by atoms with Crippen LogP contribution in [0.1, 0.15) is 18.4 Å². The Morgan fingerprint density at radius 2 is 2.32 bits per heavy atom. The van der Waals surface area contributed by atoms with E-state index in [2.05, 4.69) is 5.32 Å². The van der Waals surface area contributed by atoms with Crippen molar-refractivity contribution in [2.75, 3.05) is 19.8 Å². The maximum Gasteiger partial charge on any atom is 0.272 e. The molecule has 19 heavy (non-hydrogen) atoms. The van der Waals surface area contributed by atoms with E-state index < -0.39 is 10.7 Å². The number of benzene rings is 1. The highest BCUT2D eigenvalue weighted by molar-refractivity contribution is 5.35. The van der Waals surface area contributed by atoms with E-state index in [4.69, 9.17) is 4.74 Å². The van der Waals surface area contributed by atoms with Crippen molar-refractivity contribution in [3.05, 3.63) is 39.7 Å². The number of halogens is 1. The molecule has 1 atom stereocenters. The third-order valence-corrected chi connectivity index (χ3v) is 3.17. The molecule has 5 nitrogen and oxygen atoms in total. The topological polar surface area (TPSA) is 64.4 Å². The zero-order valence-corrected chi connectivity index (χ0v) is 10.6. The summed E-state index contributed by atoms with van der Waals surface area (Å²) in [5, 5.41) is 13.8. The van der Waals surface area contributed by atoms with Crippen molar-refractivity contribution < 1.29 is 14.1 Å². The summed E-state index contributed by atoms with van der Waals surface area (Å²) in [5.41, 5.74) is 0.376. The fourth-order valence-electron chi connectivity index (χ4n) is 2.23. The Bertz CT molecular complexity index is 448. The zero-order chi connectivity index (χ0) is 13.7. The van der Waals surface area contributed by atoms with Gasteiger partial charge in [0.25, 0.3) is 5.69 Å². The van der Waals surface area contributed by atoms with Gasteiger partial charge in [-0.05, 0) is 30.4 Å². The Morgan fingerprint density at radius 1 is 1.47 bits per heavy atom. The zero-order valence-electron chi connectivity index (χ0n) is 10.6. The minimum Gasteiger partial charge on any atom is -0.381 e. The number of ether oxygens (including phenoxy) is 1. The molecule has 104 valence electrons. The van der Waals surface area contributed by atoms with Crippen LogP contribution in [0.15, 0.2) is 18.2 Å². The maximum atomic E-state index is 13.2. The number of nitro groups is 1. The molecule has 0 aliphatic carbocycles. The molecule has 1 aromatic carbocycles. The molecule has 1 N–H and O–H groups in total. The lowest BCUT2D eigenvalue weighted by Crippen LogP contribution is -2.28. The van der Waals surface area contributed by atoms with Crippen LogP contribution < -0.4 is 5.32 Å². The first kappa shape index (κ1) is 13.9. The van der Waals surface area contributed by atoms with Crippen molar-refractivity contribution in [2.24, 2.45) is 5.92 Å². The predicted octanol–water partition coefficient (Wildman–Crippen LogP) is 2.25. The van der Waals surface area contributed by atoms with Crippen molar-refractivity contribution in [3.63, 3.8) is 0 Å². The lowest BCUT2D eigenvalue weighted by Gasteiger charge is -2.22. The van der Waals surface area contributed by atoms with Crippen LogP contribution in [-0.4, -0.2) is 24.7 Å². The number of non-ortho nitro benzene ring substituents is 1. The highest BCUT2D eigenvalue weighted by Gasteiger charge is 2.14. The number of nitrogens with one attached hydrogen (secondary N) is 1. The summed E-state index contributed by atoms with van der Waals surface area (Å²) in [6.45, 7) is 2.78. The van der Waals surface area contributed by atoms with E-state index in [1.165, 1.54) is 12.1 Å². The molecule has 0 aromatic heterocycles. The normalized spacial score (nSPS) is 19.3. The summed E-state index contributed by atoms with van der Waals surface area (Å²) in [7, 11) is 0. The second-order valence-electron chi connectivity index (χ2n) is 4.79. The largest absolute Gasteiger partial charge is 0.381 e. The lowest BCUT2D eigenvalue weighted by atomic mass is 10.0. The third kappa shape index (κ3) is 4.25. The predicted molar refractivity (Wildman–Crippen MR) is 68.3 cm³/mol. The van der Waals surface area contributed by atoms with E-state index in [1.54, 1.807) is 0 Å². The Morgan fingerprint density at radius 3 is 3.00 bits per heavy atom. The Hall–Kier alpha value is -1.53. The molecule has 0 amide bonds. The van der Waals surface area contributed by atoms with Crippen LogP contribution in [0.2, 0.25) is 0 Å². The van der Waals surface area contributed by atoms with E-state index in [1.807, 2.05) is 0 Å². The van der Waals surface area contributed by atoms with Crippen LogP contribution in [0, 0.1) is 21.8 Å². The monoisotopic (exact) mass is 268 g/mol. The fraction of sp³-hybridized carbons (Fsp3) is 0.538. The first-order valence-corrected chi connectivity index (χ1v) is 6.37. The van der Waals surface area contributed by atoms with Gasteiger partial charge in [0.1, 0.15) is 5.82 Å². The lowest BCUT2D eigenvalue weighted by molar-refractivity contribution is -0.385. The highest BCUT2D eigenvalue weighted by Crippen LogP contribution is 2.17. The van der Waals surface area contributed by atoms with E-state index in [-0.39, 0.29) is 5.69 Å². The summed E-state index contributed by atoms with van der Waals surface area (Å²) in [4.78, 5) is 10.0. The summed E-state index contributed by atoms with van der Waals surface area (Å²) in [6, 6.07) is 3.64. The summed E-state index contributed by atoms with van der Waals surface area (Å²) < 4.78 is 18.6. The van der Waals surface area contributed by atoms with E-state index in [0.717, 1.165) is 38.7 Å². The van der Waals surface area contributed by atoms with Gasteiger partial charge in [-0.2, -0.15) is 0 Å². The summed E-state index contributed by atoms with van der Waals surface area (Å²) in [5.74, 6) is -0.107. The molecular formula is C13H17FN2O3. The van der Waals surface area contributed by atoms with Gasteiger partial charge >= 0.3 is 0 Å². The van der Waals surface area contributed by atoms with Crippen molar-refractivity contribution in [3.8, 4) is 0 Å². The van der Waals surface area contributed by atoms with Crippen molar-refractivity contribution >= 4 is 5.69 Å². The molecule has 0 saturated carbocycles. The van der Waals surface area contributed by atoms with Crippen LogP contribution in [0.5, 0.6) is 0 Å². The fourth-order valence-corrected chi connectivity index (χ4v) is 2.23. The van der Waals surface area contributed by atoms with Crippen molar-refractivity contribution in [1.82, 2.24) is 5.32 Å². The molecule has 2 rings (SSSR count). The second kappa shape index (κ2) is 6.58. The molecule has 1 fully saturated rings. The van der Waals surface area contributed by atoms with Gasteiger partial charge in [-0.3, -0.25) is 10.1 Å². The van der Waals surface area contributed by atoms with Gasteiger partial charge < -0.3 is 10.1 Å². The molecule has 1 heterocycles. The van der Waals surface area contributed by atoms with Crippen LogP contribution >= 0.6 is 0 Å². The molecule has 0 radical (unpaired) electrons. The van der Waals surface area contributed by atoms with Gasteiger partial charge in [-0.25, -0.2) is 4.39 Å². The Labute approximate surface area is 110 Å². The summed E-state index contributed by atoms with van der Waals surface area (Å²) >= 11 is 0. The quantitative estimate of drug-likeness (QED) is 0.657. The van der Waals surface area contributed by atoms with Crippen LogP contribution in [0.3, 0.4) is 0 Å². The molecule has 0 spiro atoms. The molecular weight excluding hydrogens is 251 g/mol. The van der Waals surface area contributed by atoms with Crippen LogP contribution in [-0.2, 0) is 11.3 Å². The van der Waals surface area contributed by atoms with E-state index >= 15 is 0 Å². The van der Waals surface area contributed by atoms with Crippen LogP contribution in [0.25, 0.3) is 0 Å². The second-order valence-corrected chi connectivity index (χ2v) is 4.79. The first-order chi connectivity index (χ1) is 9.15. The van der Waals surface area contributed by atoms with E-state index in [0.29, 0.717) is 18.0 Å². The SMILES string of the molecule is O=[N+]([O-])c1cc(F)cc(CNCC2CCCOC2)c1. The molecule has 1 aromatic rings.